The minimum absolute atomic E-state index is 0.194. The fourth-order valence-electron chi connectivity index (χ4n) is 3.32. The third-order valence-corrected chi connectivity index (χ3v) is 4.96. The Labute approximate surface area is 97.5 Å². The van der Waals surface area contributed by atoms with Crippen LogP contribution in [-0.2, 0) is 0 Å². The lowest BCUT2D eigenvalue weighted by molar-refractivity contribution is 0.0689. The molecule has 3 atom stereocenters. The number of anilines is 1. The minimum atomic E-state index is -0.939. The van der Waals surface area contributed by atoms with E-state index in [1.807, 2.05) is 0 Å². The molecule has 0 aliphatic heterocycles. The molecule has 0 aromatic carbocycles. The molecule has 2 saturated carbocycles. The van der Waals surface area contributed by atoms with Gasteiger partial charge in [-0.2, -0.15) is 0 Å². The predicted octanol–water partition coefficient (Wildman–Crippen LogP) is 2.33. The Hall–Kier alpha value is -1.10. The van der Waals surface area contributed by atoms with Gasteiger partial charge in [-0.25, -0.2) is 9.78 Å². The molecule has 3 rings (SSSR count). The van der Waals surface area contributed by atoms with Crippen LogP contribution in [0, 0.1) is 11.8 Å². The number of aromatic nitrogens is 1. The maximum Gasteiger partial charge on any atom is 0.355 e. The van der Waals surface area contributed by atoms with Gasteiger partial charge in [0.2, 0.25) is 0 Å². The highest BCUT2D eigenvalue weighted by molar-refractivity contribution is 7.15. The number of nitrogens with two attached hydrogens (primary N) is 1. The van der Waals surface area contributed by atoms with Crippen molar-refractivity contribution < 1.29 is 9.90 Å². The molecule has 1 aromatic rings. The number of aromatic carboxylic acids is 1. The summed E-state index contributed by atoms with van der Waals surface area (Å²) in [6.45, 7) is 0. The molecule has 0 saturated heterocycles. The summed E-state index contributed by atoms with van der Waals surface area (Å²) in [5, 5.41) is 9.48. The van der Waals surface area contributed by atoms with Gasteiger partial charge in [0.25, 0.3) is 0 Å². The number of carboxylic acids is 1. The van der Waals surface area contributed by atoms with Crippen LogP contribution in [0.1, 0.15) is 47.0 Å². The van der Waals surface area contributed by atoms with E-state index in [1.54, 1.807) is 0 Å². The zero-order chi connectivity index (χ0) is 11.3. The van der Waals surface area contributed by atoms with Gasteiger partial charge in [-0.05, 0) is 37.0 Å². The van der Waals surface area contributed by atoms with E-state index >= 15 is 0 Å². The topological polar surface area (TPSA) is 76.2 Å². The van der Waals surface area contributed by atoms with Crippen LogP contribution < -0.4 is 5.73 Å². The van der Waals surface area contributed by atoms with Crippen molar-refractivity contribution in [2.45, 2.75) is 31.6 Å². The highest BCUT2D eigenvalue weighted by atomic mass is 32.1. The first kappa shape index (κ1) is 10.1. The normalized spacial score (nSPS) is 32.1. The second-order valence-electron chi connectivity index (χ2n) is 4.85. The predicted molar refractivity (Wildman–Crippen MR) is 61.7 cm³/mol. The van der Waals surface area contributed by atoms with Crippen molar-refractivity contribution in [2.24, 2.45) is 11.8 Å². The molecular formula is C11H14N2O2S. The quantitative estimate of drug-likeness (QED) is 0.829. The first-order valence-electron chi connectivity index (χ1n) is 5.64. The minimum Gasteiger partial charge on any atom is -0.476 e. The summed E-state index contributed by atoms with van der Waals surface area (Å²) in [5.41, 5.74) is 5.82. The molecular weight excluding hydrogens is 224 g/mol. The van der Waals surface area contributed by atoms with Crippen LogP contribution in [0.2, 0.25) is 0 Å². The molecule has 2 aliphatic carbocycles. The molecule has 86 valence electrons. The van der Waals surface area contributed by atoms with Gasteiger partial charge in [-0.3, -0.25) is 0 Å². The van der Waals surface area contributed by atoms with Crippen LogP contribution in [0.5, 0.6) is 0 Å². The average Bonchev–Trinajstić information content (AvgIpc) is 2.89. The molecule has 4 nitrogen and oxygen atoms in total. The number of carboxylic acid groups (broad SMARTS) is 1. The van der Waals surface area contributed by atoms with E-state index in [1.165, 1.54) is 30.6 Å². The Morgan fingerprint density at radius 1 is 1.44 bits per heavy atom. The van der Waals surface area contributed by atoms with Gasteiger partial charge in [0.05, 0.1) is 0 Å². The van der Waals surface area contributed by atoms with Gasteiger partial charge in [0, 0.05) is 4.88 Å². The molecule has 2 bridgehead atoms. The summed E-state index contributed by atoms with van der Waals surface area (Å²) < 4.78 is 0. The summed E-state index contributed by atoms with van der Waals surface area (Å²) >= 11 is 1.37. The number of fused-ring (bicyclic) bond motifs is 2. The van der Waals surface area contributed by atoms with Gasteiger partial charge in [0.1, 0.15) is 0 Å². The van der Waals surface area contributed by atoms with Crippen LogP contribution in [0.15, 0.2) is 0 Å². The largest absolute Gasteiger partial charge is 0.476 e. The monoisotopic (exact) mass is 238 g/mol. The SMILES string of the molecule is Nc1nc(C(=O)O)c(C2CC3CCC2C3)s1. The van der Waals surface area contributed by atoms with E-state index in [9.17, 15) is 4.79 Å². The van der Waals surface area contributed by atoms with Crippen LogP contribution in [0.3, 0.4) is 0 Å². The second-order valence-corrected chi connectivity index (χ2v) is 5.91. The lowest BCUT2D eigenvalue weighted by Gasteiger charge is -2.20. The van der Waals surface area contributed by atoms with Gasteiger partial charge in [-0.15, -0.1) is 11.3 Å². The van der Waals surface area contributed by atoms with Gasteiger partial charge >= 0.3 is 5.97 Å². The molecule has 2 fully saturated rings. The van der Waals surface area contributed by atoms with E-state index in [-0.39, 0.29) is 5.69 Å². The molecule has 0 spiro atoms. The molecule has 0 amide bonds. The average molecular weight is 238 g/mol. The fraction of sp³-hybridized carbons (Fsp3) is 0.636. The molecule has 2 aliphatic rings. The zero-order valence-corrected chi connectivity index (χ0v) is 9.67. The summed E-state index contributed by atoms with van der Waals surface area (Å²) in [4.78, 5) is 15.9. The Kier molecular flexibility index (Phi) is 2.17. The van der Waals surface area contributed by atoms with Crippen molar-refractivity contribution in [3.63, 3.8) is 0 Å². The smallest absolute Gasteiger partial charge is 0.355 e. The number of hydrogen-bond donors (Lipinski definition) is 2. The first-order chi connectivity index (χ1) is 7.65. The molecule has 3 unspecified atom stereocenters. The van der Waals surface area contributed by atoms with Gasteiger partial charge in [-0.1, -0.05) is 6.42 Å². The van der Waals surface area contributed by atoms with E-state index in [2.05, 4.69) is 4.98 Å². The standard InChI is InChI=1S/C11H14N2O2S/c12-11-13-8(10(14)15)9(16-11)7-4-5-1-2-6(7)3-5/h5-7H,1-4H2,(H2,12,13)(H,14,15). The highest BCUT2D eigenvalue weighted by Crippen LogP contribution is 2.54. The highest BCUT2D eigenvalue weighted by Gasteiger charge is 2.42. The van der Waals surface area contributed by atoms with E-state index in [0.717, 1.165) is 17.2 Å². The van der Waals surface area contributed by atoms with Crippen molar-refractivity contribution in [3.05, 3.63) is 10.6 Å². The molecule has 1 heterocycles. The summed E-state index contributed by atoms with van der Waals surface area (Å²) in [6, 6.07) is 0. The van der Waals surface area contributed by atoms with Crippen molar-refractivity contribution in [1.29, 1.82) is 0 Å². The number of thiazole rings is 1. The van der Waals surface area contributed by atoms with Crippen molar-refractivity contribution >= 4 is 22.4 Å². The maximum absolute atomic E-state index is 11.1. The third-order valence-electron chi connectivity index (χ3n) is 3.95. The summed E-state index contributed by atoms with van der Waals surface area (Å²) in [6.07, 6.45) is 4.96. The molecule has 1 aromatic heterocycles. The Morgan fingerprint density at radius 2 is 2.25 bits per heavy atom. The molecule has 3 N–H and O–H groups in total. The summed E-state index contributed by atoms with van der Waals surface area (Å²) in [7, 11) is 0. The zero-order valence-electron chi connectivity index (χ0n) is 8.85. The lowest BCUT2D eigenvalue weighted by Crippen LogP contribution is -2.11. The van der Waals surface area contributed by atoms with Gasteiger partial charge < -0.3 is 10.8 Å². The Balaban J connectivity index is 1.97. The summed E-state index contributed by atoms with van der Waals surface area (Å²) in [5.74, 6) is 0.938. The lowest BCUT2D eigenvalue weighted by atomic mass is 9.87. The van der Waals surface area contributed by atoms with Crippen LogP contribution in [0.25, 0.3) is 0 Å². The van der Waals surface area contributed by atoms with Crippen molar-refractivity contribution in [2.75, 3.05) is 5.73 Å². The molecule has 5 heteroatoms. The Bertz CT molecular complexity index is 443. The maximum atomic E-state index is 11.1. The van der Waals surface area contributed by atoms with Crippen molar-refractivity contribution in [3.8, 4) is 0 Å². The van der Waals surface area contributed by atoms with Crippen LogP contribution in [-0.4, -0.2) is 16.1 Å². The number of carbonyl (C=O) groups is 1. The third kappa shape index (κ3) is 1.42. The van der Waals surface area contributed by atoms with E-state index in [0.29, 0.717) is 17.0 Å². The molecule has 16 heavy (non-hydrogen) atoms. The van der Waals surface area contributed by atoms with Crippen LogP contribution in [0.4, 0.5) is 5.13 Å². The first-order valence-corrected chi connectivity index (χ1v) is 6.46. The number of nitrogens with zero attached hydrogens (tertiary/aromatic N) is 1. The fourth-order valence-corrected chi connectivity index (χ4v) is 4.35. The van der Waals surface area contributed by atoms with Gasteiger partial charge in [0.15, 0.2) is 10.8 Å². The molecule has 0 radical (unpaired) electrons. The number of nitrogen functional groups attached to an aromatic ring is 1. The van der Waals surface area contributed by atoms with E-state index in [4.69, 9.17) is 10.8 Å². The van der Waals surface area contributed by atoms with E-state index < -0.39 is 5.97 Å². The number of hydrogen-bond acceptors (Lipinski definition) is 4. The Morgan fingerprint density at radius 3 is 2.81 bits per heavy atom. The number of rotatable bonds is 2. The van der Waals surface area contributed by atoms with Crippen LogP contribution >= 0.6 is 11.3 Å². The van der Waals surface area contributed by atoms with Crippen molar-refractivity contribution in [1.82, 2.24) is 4.98 Å². The second kappa shape index (κ2) is 3.45.